The number of nitrogens with one attached hydrogen (secondary N) is 1. The summed E-state index contributed by atoms with van der Waals surface area (Å²) < 4.78 is 19.6. The van der Waals surface area contributed by atoms with Crippen LogP contribution in [0.1, 0.15) is 30.0 Å². The minimum Gasteiger partial charge on any atom is -0.496 e. The lowest BCUT2D eigenvalue weighted by molar-refractivity contribution is -0.131. The van der Waals surface area contributed by atoms with Crippen LogP contribution in [0.3, 0.4) is 0 Å². The van der Waals surface area contributed by atoms with Gasteiger partial charge in [-0.2, -0.15) is 5.26 Å². The molecule has 1 fully saturated rings. The highest BCUT2D eigenvalue weighted by atomic mass is 19.1. The van der Waals surface area contributed by atoms with Crippen molar-refractivity contribution in [2.24, 2.45) is 0 Å². The number of carbonyl (C=O) groups is 1. The van der Waals surface area contributed by atoms with Gasteiger partial charge in [0, 0.05) is 47.9 Å². The number of ether oxygens (including phenoxy) is 1. The first-order chi connectivity index (χ1) is 16.4. The van der Waals surface area contributed by atoms with Crippen LogP contribution in [0.2, 0.25) is 0 Å². The predicted octanol–water partition coefficient (Wildman–Crippen LogP) is 2.88. The average molecular weight is 466 g/mol. The monoisotopic (exact) mass is 465 g/mol. The first-order valence-corrected chi connectivity index (χ1v) is 11.3. The number of aromatic nitrogens is 2. The number of H-pyrrole nitrogens is 1. The van der Waals surface area contributed by atoms with Gasteiger partial charge in [-0.1, -0.05) is 0 Å². The maximum Gasteiger partial charge on any atom is 0.236 e. The molecular weight excluding hydrogens is 437 g/mol. The van der Waals surface area contributed by atoms with Crippen molar-refractivity contribution in [2.75, 3.05) is 46.9 Å². The van der Waals surface area contributed by atoms with E-state index in [1.165, 1.54) is 25.4 Å². The minimum absolute atomic E-state index is 0.0000254. The van der Waals surface area contributed by atoms with Crippen molar-refractivity contribution in [3.63, 3.8) is 0 Å². The van der Waals surface area contributed by atoms with Gasteiger partial charge in [-0.15, -0.1) is 0 Å². The maximum atomic E-state index is 14.1. The Hall–Kier alpha value is -3.48. The minimum atomic E-state index is -0.410. The Labute approximate surface area is 197 Å². The third kappa shape index (κ3) is 4.74. The molecule has 178 valence electrons. The molecule has 3 aromatic rings. The van der Waals surface area contributed by atoms with Gasteiger partial charge in [-0.25, -0.2) is 9.37 Å². The largest absolute Gasteiger partial charge is 0.496 e. The van der Waals surface area contributed by atoms with Crippen LogP contribution in [0.25, 0.3) is 22.2 Å². The number of benzene rings is 1. The van der Waals surface area contributed by atoms with Crippen LogP contribution in [-0.2, 0) is 4.79 Å². The van der Waals surface area contributed by atoms with E-state index in [-0.39, 0.29) is 18.4 Å². The maximum absolute atomic E-state index is 14.1. The van der Waals surface area contributed by atoms with Gasteiger partial charge in [0.15, 0.2) is 0 Å². The van der Waals surface area contributed by atoms with Crippen LogP contribution in [0.5, 0.6) is 5.75 Å². The number of nitriles is 1. The normalized spacial score (nSPS) is 14.8. The van der Waals surface area contributed by atoms with Crippen LogP contribution in [0.4, 0.5) is 4.39 Å². The molecule has 0 bridgehead atoms. The Bertz CT molecular complexity index is 1230. The zero-order valence-corrected chi connectivity index (χ0v) is 19.3. The topological polar surface area (TPSA) is 105 Å². The predicted molar refractivity (Wildman–Crippen MR) is 126 cm³/mol. The van der Waals surface area contributed by atoms with Crippen LogP contribution >= 0.6 is 0 Å². The van der Waals surface area contributed by atoms with Crippen molar-refractivity contribution in [1.82, 2.24) is 19.8 Å². The number of amides is 1. The van der Waals surface area contributed by atoms with Gasteiger partial charge in [0.2, 0.25) is 5.91 Å². The van der Waals surface area contributed by atoms with Crippen molar-refractivity contribution < 1.29 is 19.0 Å². The van der Waals surface area contributed by atoms with E-state index in [2.05, 4.69) is 20.9 Å². The molecule has 2 aromatic heterocycles. The Morgan fingerprint density at radius 3 is 2.82 bits per heavy atom. The first kappa shape index (κ1) is 23.7. The van der Waals surface area contributed by atoms with Crippen molar-refractivity contribution in [1.29, 1.82) is 5.26 Å². The van der Waals surface area contributed by atoms with Gasteiger partial charge in [0.1, 0.15) is 23.3 Å². The lowest BCUT2D eigenvalue weighted by Crippen LogP contribution is -2.42. The second kappa shape index (κ2) is 10.2. The molecule has 3 heterocycles. The van der Waals surface area contributed by atoms with Crippen LogP contribution in [-0.4, -0.2) is 77.7 Å². The summed E-state index contributed by atoms with van der Waals surface area (Å²) in [6.45, 7) is 2.18. The highest BCUT2D eigenvalue weighted by Crippen LogP contribution is 2.39. The van der Waals surface area contributed by atoms with E-state index in [0.717, 1.165) is 37.0 Å². The number of likely N-dealkylation sites (N-methyl/N-ethyl adjacent to an activating group) is 1. The Kier molecular flexibility index (Phi) is 7.10. The third-order valence-corrected chi connectivity index (χ3v) is 6.48. The second-order valence-corrected chi connectivity index (χ2v) is 8.58. The molecule has 4 rings (SSSR count). The quantitative estimate of drug-likeness (QED) is 0.556. The molecular formula is C25H28FN5O3. The number of halogens is 1. The fourth-order valence-electron chi connectivity index (χ4n) is 4.55. The number of pyridine rings is 1. The average Bonchev–Trinajstić information content (AvgIpc) is 3.28. The lowest BCUT2D eigenvalue weighted by Gasteiger charge is -2.32. The number of piperidine rings is 1. The second-order valence-electron chi connectivity index (χ2n) is 8.58. The molecule has 0 unspecified atom stereocenters. The molecule has 2 N–H and O–H groups in total. The summed E-state index contributed by atoms with van der Waals surface area (Å²) in [5, 5.41) is 19.5. The van der Waals surface area contributed by atoms with Crippen molar-refractivity contribution in [3.8, 4) is 22.9 Å². The van der Waals surface area contributed by atoms with E-state index >= 15 is 0 Å². The summed E-state index contributed by atoms with van der Waals surface area (Å²) in [4.78, 5) is 23.8. The summed E-state index contributed by atoms with van der Waals surface area (Å²) in [6, 6.07) is 8.44. The molecule has 1 saturated heterocycles. The summed E-state index contributed by atoms with van der Waals surface area (Å²) in [5.41, 5.74) is 3.11. The Balaban J connectivity index is 1.59. The number of carbonyl (C=O) groups excluding carboxylic acids is 1. The first-order valence-electron chi connectivity index (χ1n) is 11.3. The molecule has 0 saturated carbocycles. The highest BCUT2D eigenvalue weighted by Gasteiger charge is 2.25. The number of aliphatic hydroxyl groups excluding tert-OH is 1. The van der Waals surface area contributed by atoms with E-state index in [9.17, 15) is 14.4 Å². The molecule has 9 heteroatoms. The fourth-order valence-corrected chi connectivity index (χ4v) is 4.55. The van der Waals surface area contributed by atoms with Crippen LogP contribution in [0.15, 0.2) is 30.5 Å². The van der Waals surface area contributed by atoms with E-state index < -0.39 is 5.82 Å². The standard InChI is InChI=1S/C25H28FN5O3/c1-30(9-10-32)23(33)15-31-7-5-16(6-8-31)21-12-20-24(17(13-27)14-28-25(20)29-21)19-11-18(26)3-4-22(19)34-2/h3-4,11-12,14,16,32H,5-10,15H2,1-2H3,(H,28,29). The van der Waals surface area contributed by atoms with Crippen LogP contribution in [0, 0.1) is 17.1 Å². The molecule has 1 aliphatic heterocycles. The fraction of sp³-hybridized carbons (Fsp3) is 0.400. The SMILES string of the molecule is COc1ccc(F)cc1-c1c(C#N)cnc2[nH]c(C3CCN(CC(=O)N(C)CCO)CC3)cc12. The van der Waals surface area contributed by atoms with Gasteiger partial charge >= 0.3 is 0 Å². The number of aromatic amines is 1. The lowest BCUT2D eigenvalue weighted by atomic mass is 9.92. The molecule has 0 atom stereocenters. The summed E-state index contributed by atoms with van der Waals surface area (Å²) >= 11 is 0. The Morgan fingerprint density at radius 2 is 2.15 bits per heavy atom. The van der Waals surface area contributed by atoms with Crippen LogP contribution < -0.4 is 4.74 Å². The zero-order chi connectivity index (χ0) is 24.2. The number of hydrogen-bond acceptors (Lipinski definition) is 6. The van der Waals surface area contributed by atoms with E-state index in [1.54, 1.807) is 18.0 Å². The number of nitrogens with zero attached hydrogens (tertiary/aromatic N) is 4. The molecule has 0 spiro atoms. The molecule has 8 nitrogen and oxygen atoms in total. The zero-order valence-electron chi connectivity index (χ0n) is 19.3. The van der Waals surface area contributed by atoms with Gasteiger partial charge in [-0.05, 0) is 50.2 Å². The van der Waals surface area contributed by atoms with E-state index in [0.29, 0.717) is 41.2 Å². The van der Waals surface area contributed by atoms with Crippen molar-refractivity contribution in [3.05, 3.63) is 47.5 Å². The smallest absolute Gasteiger partial charge is 0.236 e. The highest BCUT2D eigenvalue weighted by molar-refractivity contribution is 5.98. The summed E-state index contributed by atoms with van der Waals surface area (Å²) in [7, 11) is 3.22. The van der Waals surface area contributed by atoms with Gasteiger partial charge in [-0.3, -0.25) is 9.69 Å². The van der Waals surface area contributed by atoms with Gasteiger partial charge in [0.25, 0.3) is 0 Å². The molecule has 1 aliphatic rings. The number of aliphatic hydroxyl groups is 1. The number of methoxy groups -OCH3 is 1. The third-order valence-electron chi connectivity index (χ3n) is 6.48. The van der Waals surface area contributed by atoms with Crippen molar-refractivity contribution >= 4 is 16.9 Å². The van der Waals surface area contributed by atoms with Gasteiger partial charge in [0.05, 0.1) is 25.8 Å². The molecule has 1 aromatic carbocycles. The number of rotatable bonds is 7. The summed E-state index contributed by atoms with van der Waals surface area (Å²) in [6.07, 6.45) is 3.24. The van der Waals surface area contributed by atoms with E-state index in [1.807, 2.05) is 6.07 Å². The molecule has 0 radical (unpaired) electrons. The molecule has 1 amide bonds. The van der Waals surface area contributed by atoms with E-state index in [4.69, 9.17) is 9.84 Å². The molecule has 0 aliphatic carbocycles. The Morgan fingerprint density at radius 1 is 1.38 bits per heavy atom. The number of hydrogen-bond donors (Lipinski definition) is 2. The summed E-state index contributed by atoms with van der Waals surface area (Å²) in [5.74, 6) is 0.327. The molecule has 34 heavy (non-hydrogen) atoms. The van der Waals surface area contributed by atoms with Gasteiger partial charge < -0.3 is 19.7 Å². The van der Waals surface area contributed by atoms with Crippen molar-refractivity contribution in [2.45, 2.75) is 18.8 Å². The number of likely N-dealkylation sites (tertiary alicyclic amines) is 1. The number of fused-ring (bicyclic) bond motifs is 1.